The Morgan fingerprint density at radius 2 is 0.909 bits per heavy atom. The molecule has 0 rings (SSSR count). The average molecular weight is 316 g/mol. The second kappa shape index (κ2) is 19.9. The van der Waals surface area contributed by atoms with Crippen LogP contribution in [0.3, 0.4) is 0 Å². The molecule has 0 atom stereocenters. The minimum Gasteiger partial charge on any atom is -0.481 e. The first-order chi connectivity index (χ1) is 10.5. The second-order valence-corrected chi connectivity index (χ2v) is 5.78. The van der Waals surface area contributed by atoms with Crippen molar-refractivity contribution in [3.8, 4) is 0 Å². The van der Waals surface area contributed by atoms with Crippen molar-refractivity contribution in [2.75, 3.05) is 0 Å². The van der Waals surface area contributed by atoms with Gasteiger partial charge in [0, 0.05) is 12.8 Å². The molecule has 0 radical (unpaired) electrons. The number of aliphatic carboxylic acids is 2. The summed E-state index contributed by atoms with van der Waals surface area (Å²) in [5.41, 5.74) is 0. The van der Waals surface area contributed by atoms with Gasteiger partial charge in [0.15, 0.2) is 0 Å². The molecule has 0 spiro atoms. The standard InChI is InChI=1S/C15H30O2.C3H6O2/c1-2-3-4-5-6-7-8-9-10-11-12-13-14-15(16)17;1-2-3(4)5/h2-14H2,1H3,(H,16,17);2H2,1H3,(H,4,5). The zero-order chi connectivity index (χ0) is 17.1. The summed E-state index contributed by atoms with van der Waals surface area (Å²) in [5, 5.41) is 16.2. The van der Waals surface area contributed by atoms with Gasteiger partial charge in [0.05, 0.1) is 0 Å². The maximum absolute atomic E-state index is 10.3. The van der Waals surface area contributed by atoms with Crippen molar-refractivity contribution < 1.29 is 19.8 Å². The van der Waals surface area contributed by atoms with Gasteiger partial charge in [0.2, 0.25) is 0 Å². The molecule has 4 nitrogen and oxygen atoms in total. The molecule has 0 bridgehead atoms. The molecule has 0 saturated heterocycles. The molecule has 132 valence electrons. The number of hydrogen-bond acceptors (Lipinski definition) is 2. The lowest BCUT2D eigenvalue weighted by Crippen LogP contribution is -1.93. The molecular formula is C18H36O4. The van der Waals surface area contributed by atoms with Crippen LogP contribution in [-0.4, -0.2) is 22.2 Å². The number of carboxylic acid groups (broad SMARTS) is 2. The van der Waals surface area contributed by atoms with E-state index in [1.54, 1.807) is 6.92 Å². The number of carboxylic acids is 2. The number of rotatable bonds is 14. The third kappa shape index (κ3) is 27.3. The fourth-order valence-corrected chi connectivity index (χ4v) is 2.12. The normalized spacial score (nSPS) is 9.91. The molecule has 0 unspecified atom stereocenters. The van der Waals surface area contributed by atoms with Crippen LogP contribution >= 0.6 is 0 Å². The molecule has 2 N–H and O–H groups in total. The first-order valence-corrected chi connectivity index (χ1v) is 8.98. The van der Waals surface area contributed by atoms with Crippen LogP contribution in [0.15, 0.2) is 0 Å². The van der Waals surface area contributed by atoms with Gasteiger partial charge in [0.1, 0.15) is 0 Å². The monoisotopic (exact) mass is 316 g/mol. The van der Waals surface area contributed by atoms with E-state index in [0.29, 0.717) is 6.42 Å². The Morgan fingerprint density at radius 3 is 1.18 bits per heavy atom. The van der Waals surface area contributed by atoms with Gasteiger partial charge >= 0.3 is 11.9 Å². The second-order valence-electron chi connectivity index (χ2n) is 5.78. The minimum absolute atomic E-state index is 0.222. The third-order valence-corrected chi connectivity index (χ3v) is 3.55. The number of unbranched alkanes of at least 4 members (excludes halogenated alkanes) is 11. The topological polar surface area (TPSA) is 74.6 Å². The summed E-state index contributed by atoms with van der Waals surface area (Å²) in [6.45, 7) is 3.85. The lowest BCUT2D eigenvalue weighted by molar-refractivity contribution is -0.137. The highest BCUT2D eigenvalue weighted by atomic mass is 16.4. The molecule has 0 aliphatic rings. The molecule has 0 saturated carbocycles. The Kier molecular flexibility index (Phi) is 21.0. The van der Waals surface area contributed by atoms with Crippen LogP contribution in [0.1, 0.15) is 104 Å². The van der Waals surface area contributed by atoms with E-state index in [0.717, 1.165) is 12.8 Å². The zero-order valence-corrected chi connectivity index (χ0v) is 14.6. The fourth-order valence-electron chi connectivity index (χ4n) is 2.12. The molecule has 0 aromatic rings. The van der Waals surface area contributed by atoms with Gasteiger partial charge in [-0.15, -0.1) is 0 Å². The van der Waals surface area contributed by atoms with Crippen LogP contribution in [-0.2, 0) is 9.59 Å². The molecule has 0 fully saturated rings. The Balaban J connectivity index is 0. The summed E-state index contributed by atoms with van der Waals surface area (Å²) >= 11 is 0. The van der Waals surface area contributed by atoms with E-state index in [1.165, 1.54) is 64.2 Å². The number of carbonyl (C=O) groups is 2. The van der Waals surface area contributed by atoms with Crippen molar-refractivity contribution >= 4 is 11.9 Å². The van der Waals surface area contributed by atoms with Gasteiger partial charge in [-0.05, 0) is 6.42 Å². The molecule has 4 heteroatoms. The summed E-state index contributed by atoms with van der Waals surface area (Å²) in [6.07, 6.45) is 16.0. The minimum atomic E-state index is -0.745. The van der Waals surface area contributed by atoms with Gasteiger partial charge in [-0.1, -0.05) is 84.5 Å². The van der Waals surface area contributed by atoms with E-state index in [4.69, 9.17) is 10.2 Å². The highest BCUT2D eigenvalue weighted by Crippen LogP contribution is 2.12. The summed E-state index contributed by atoms with van der Waals surface area (Å²) in [4.78, 5) is 19.6. The quantitative estimate of drug-likeness (QED) is 0.406. The zero-order valence-electron chi connectivity index (χ0n) is 14.6. The van der Waals surface area contributed by atoms with Crippen LogP contribution in [0.4, 0.5) is 0 Å². The van der Waals surface area contributed by atoms with E-state index < -0.39 is 11.9 Å². The van der Waals surface area contributed by atoms with E-state index in [2.05, 4.69) is 6.92 Å². The van der Waals surface area contributed by atoms with Crippen LogP contribution in [0.2, 0.25) is 0 Å². The summed E-state index contributed by atoms with van der Waals surface area (Å²) < 4.78 is 0. The van der Waals surface area contributed by atoms with Gasteiger partial charge in [0.25, 0.3) is 0 Å². The Bertz CT molecular complexity index is 251. The average Bonchev–Trinajstić information content (AvgIpc) is 2.48. The van der Waals surface area contributed by atoms with Crippen LogP contribution in [0.5, 0.6) is 0 Å². The molecule has 0 amide bonds. The van der Waals surface area contributed by atoms with E-state index in [9.17, 15) is 9.59 Å². The van der Waals surface area contributed by atoms with Gasteiger partial charge in [-0.3, -0.25) is 9.59 Å². The maximum Gasteiger partial charge on any atom is 0.303 e. The van der Waals surface area contributed by atoms with Crippen molar-refractivity contribution in [3.05, 3.63) is 0 Å². The van der Waals surface area contributed by atoms with Crippen LogP contribution in [0.25, 0.3) is 0 Å². The lowest BCUT2D eigenvalue weighted by atomic mass is 10.0. The highest BCUT2D eigenvalue weighted by molar-refractivity contribution is 5.66. The summed E-state index contributed by atoms with van der Waals surface area (Å²) in [6, 6.07) is 0. The smallest absolute Gasteiger partial charge is 0.303 e. The Morgan fingerprint density at radius 1 is 0.591 bits per heavy atom. The van der Waals surface area contributed by atoms with Gasteiger partial charge < -0.3 is 10.2 Å². The van der Waals surface area contributed by atoms with Crippen molar-refractivity contribution in [1.82, 2.24) is 0 Å². The van der Waals surface area contributed by atoms with Gasteiger partial charge in [-0.2, -0.15) is 0 Å². The summed E-state index contributed by atoms with van der Waals surface area (Å²) in [5.74, 6) is -1.40. The van der Waals surface area contributed by atoms with E-state index >= 15 is 0 Å². The largest absolute Gasteiger partial charge is 0.481 e. The van der Waals surface area contributed by atoms with Gasteiger partial charge in [-0.25, -0.2) is 0 Å². The van der Waals surface area contributed by atoms with E-state index in [-0.39, 0.29) is 6.42 Å². The van der Waals surface area contributed by atoms with Crippen molar-refractivity contribution in [3.63, 3.8) is 0 Å². The molecule has 0 aliphatic carbocycles. The first kappa shape index (κ1) is 23.2. The molecular weight excluding hydrogens is 280 g/mol. The lowest BCUT2D eigenvalue weighted by Gasteiger charge is -2.02. The first-order valence-electron chi connectivity index (χ1n) is 8.98. The fraction of sp³-hybridized carbons (Fsp3) is 0.889. The summed E-state index contributed by atoms with van der Waals surface area (Å²) in [7, 11) is 0. The number of hydrogen-bond donors (Lipinski definition) is 2. The SMILES string of the molecule is CCC(=O)O.CCCCCCCCCCCCCCC(=O)O. The predicted octanol–water partition coefficient (Wildman–Crippen LogP) is 5.64. The van der Waals surface area contributed by atoms with Crippen molar-refractivity contribution in [1.29, 1.82) is 0 Å². The molecule has 0 heterocycles. The Hall–Kier alpha value is -1.06. The molecule has 0 aliphatic heterocycles. The maximum atomic E-state index is 10.3. The van der Waals surface area contributed by atoms with Crippen LogP contribution < -0.4 is 0 Å². The Labute approximate surface area is 136 Å². The van der Waals surface area contributed by atoms with Crippen molar-refractivity contribution in [2.45, 2.75) is 104 Å². The highest BCUT2D eigenvalue weighted by Gasteiger charge is 1.96. The van der Waals surface area contributed by atoms with Crippen LogP contribution in [0, 0.1) is 0 Å². The van der Waals surface area contributed by atoms with Crippen molar-refractivity contribution in [2.24, 2.45) is 0 Å². The van der Waals surface area contributed by atoms with E-state index in [1.807, 2.05) is 0 Å². The molecule has 22 heavy (non-hydrogen) atoms. The predicted molar refractivity (Wildman–Crippen MR) is 91.3 cm³/mol. The third-order valence-electron chi connectivity index (χ3n) is 3.55. The molecule has 0 aromatic heterocycles. The molecule has 0 aromatic carbocycles.